The predicted octanol–water partition coefficient (Wildman–Crippen LogP) is 3.47. The minimum absolute atomic E-state index is 0.166. The lowest BCUT2D eigenvalue weighted by Gasteiger charge is -2.12. The molecule has 3 rings (SSSR count). The number of carbonyl (C=O) groups excluding carboxylic acids is 1. The Labute approximate surface area is 129 Å². The summed E-state index contributed by atoms with van der Waals surface area (Å²) in [4.78, 5) is 26.2. The largest absolute Gasteiger partial charge is 0.492 e. The zero-order valence-electron chi connectivity index (χ0n) is 12.9. The van der Waals surface area contributed by atoms with E-state index >= 15 is 0 Å². The van der Waals surface area contributed by atoms with Gasteiger partial charge in [0.15, 0.2) is 6.29 Å². The number of fused-ring (bicyclic) bond motifs is 1. The van der Waals surface area contributed by atoms with Gasteiger partial charge in [0.2, 0.25) is 5.56 Å². The summed E-state index contributed by atoms with van der Waals surface area (Å²) < 4.78 is 5.77. The van der Waals surface area contributed by atoms with Gasteiger partial charge in [-0.1, -0.05) is 13.3 Å². The molecular weight excluding hydrogens is 278 g/mol. The molecule has 0 bridgehead atoms. The molecular formula is C18H21NO3. The fourth-order valence-electron chi connectivity index (χ4n) is 2.71. The van der Waals surface area contributed by atoms with Crippen molar-refractivity contribution >= 4 is 17.2 Å². The van der Waals surface area contributed by atoms with Gasteiger partial charge in [-0.3, -0.25) is 9.59 Å². The van der Waals surface area contributed by atoms with E-state index < -0.39 is 0 Å². The molecule has 0 radical (unpaired) electrons. The standard InChI is InChI=1S/C18H21NO3/c1-2-3-4-13-9-17(21)19-18-14(13)7-8-16(15(18)10-20)22-11-12-5-6-12/h7-10,12H,2-6,11H2,1H3,(H,19,21). The van der Waals surface area contributed by atoms with Crippen LogP contribution >= 0.6 is 0 Å². The molecule has 0 atom stereocenters. The highest BCUT2D eigenvalue weighted by Crippen LogP contribution is 2.32. The number of nitrogens with one attached hydrogen (secondary N) is 1. The van der Waals surface area contributed by atoms with Crippen molar-refractivity contribution in [1.29, 1.82) is 0 Å². The number of H-pyrrole nitrogens is 1. The van der Waals surface area contributed by atoms with Crippen LogP contribution in [0.4, 0.5) is 0 Å². The van der Waals surface area contributed by atoms with Crippen LogP contribution in [0, 0.1) is 5.92 Å². The average molecular weight is 299 g/mol. The molecule has 1 aromatic carbocycles. The van der Waals surface area contributed by atoms with E-state index in [1.54, 1.807) is 6.07 Å². The topological polar surface area (TPSA) is 59.2 Å². The summed E-state index contributed by atoms with van der Waals surface area (Å²) in [5, 5.41) is 0.939. The Morgan fingerprint density at radius 1 is 1.36 bits per heavy atom. The minimum atomic E-state index is -0.166. The summed E-state index contributed by atoms with van der Waals surface area (Å²) in [5.41, 5.74) is 1.88. The number of aromatic nitrogens is 1. The number of benzene rings is 1. The normalized spacial score (nSPS) is 14.2. The van der Waals surface area contributed by atoms with Gasteiger partial charge < -0.3 is 9.72 Å². The van der Waals surface area contributed by atoms with Crippen LogP contribution < -0.4 is 10.3 Å². The fourth-order valence-corrected chi connectivity index (χ4v) is 2.71. The Morgan fingerprint density at radius 3 is 2.86 bits per heavy atom. The van der Waals surface area contributed by atoms with E-state index in [4.69, 9.17) is 4.74 Å². The maximum atomic E-state index is 11.9. The molecule has 1 aromatic heterocycles. The van der Waals surface area contributed by atoms with Crippen LogP contribution in [0.1, 0.15) is 48.5 Å². The van der Waals surface area contributed by atoms with Crippen molar-refractivity contribution in [3.63, 3.8) is 0 Å². The smallest absolute Gasteiger partial charge is 0.248 e. The van der Waals surface area contributed by atoms with Crippen LogP contribution in [0.25, 0.3) is 10.9 Å². The predicted molar refractivity (Wildman–Crippen MR) is 86.8 cm³/mol. The summed E-state index contributed by atoms with van der Waals surface area (Å²) >= 11 is 0. The second kappa shape index (κ2) is 6.34. The number of ether oxygens (including phenoxy) is 1. The monoisotopic (exact) mass is 299 g/mol. The molecule has 1 saturated carbocycles. The first kappa shape index (κ1) is 14.8. The Bertz CT molecular complexity index is 744. The number of unbranched alkanes of at least 4 members (excludes halogenated alkanes) is 1. The van der Waals surface area contributed by atoms with E-state index in [-0.39, 0.29) is 5.56 Å². The summed E-state index contributed by atoms with van der Waals surface area (Å²) in [5.74, 6) is 1.18. The van der Waals surface area contributed by atoms with Crippen LogP contribution in [0.3, 0.4) is 0 Å². The second-order valence-electron chi connectivity index (χ2n) is 6.03. The van der Waals surface area contributed by atoms with Gasteiger partial charge in [-0.15, -0.1) is 0 Å². The number of carbonyl (C=O) groups is 1. The Hall–Kier alpha value is -2.10. The van der Waals surface area contributed by atoms with Crippen molar-refractivity contribution in [3.8, 4) is 5.75 Å². The van der Waals surface area contributed by atoms with Crippen LogP contribution in [-0.2, 0) is 6.42 Å². The van der Waals surface area contributed by atoms with E-state index in [0.29, 0.717) is 29.4 Å². The van der Waals surface area contributed by atoms with Crippen LogP contribution in [-0.4, -0.2) is 17.9 Å². The number of aromatic amines is 1. The molecule has 1 aliphatic carbocycles. The van der Waals surface area contributed by atoms with Crippen molar-refractivity contribution in [2.24, 2.45) is 5.92 Å². The van der Waals surface area contributed by atoms with Gasteiger partial charge >= 0.3 is 0 Å². The van der Waals surface area contributed by atoms with Crippen molar-refractivity contribution in [3.05, 3.63) is 39.7 Å². The zero-order valence-corrected chi connectivity index (χ0v) is 12.9. The molecule has 0 saturated heterocycles. The molecule has 1 N–H and O–H groups in total. The van der Waals surface area contributed by atoms with E-state index in [9.17, 15) is 9.59 Å². The molecule has 0 aliphatic heterocycles. The molecule has 1 fully saturated rings. The van der Waals surface area contributed by atoms with E-state index in [1.165, 1.54) is 12.8 Å². The molecule has 1 aliphatic rings. The maximum absolute atomic E-state index is 11.9. The molecule has 0 amide bonds. The third kappa shape index (κ3) is 3.06. The first-order valence-corrected chi connectivity index (χ1v) is 7.99. The lowest BCUT2D eigenvalue weighted by Crippen LogP contribution is -2.09. The molecule has 4 heteroatoms. The first-order valence-electron chi connectivity index (χ1n) is 7.99. The fraction of sp³-hybridized carbons (Fsp3) is 0.444. The maximum Gasteiger partial charge on any atom is 0.248 e. The quantitative estimate of drug-likeness (QED) is 0.796. The number of pyridine rings is 1. The van der Waals surface area contributed by atoms with Gasteiger partial charge in [0, 0.05) is 11.5 Å². The summed E-state index contributed by atoms with van der Waals surface area (Å²) in [6.07, 6.45) is 6.11. The highest BCUT2D eigenvalue weighted by atomic mass is 16.5. The van der Waals surface area contributed by atoms with Gasteiger partial charge in [0.25, 0.3) is 0 Å². The van der Waals surface area contributed by atoms with Gasteiger partial charge in [-0.2, -0.15) is 0 Å². The van der Waals surface area contributed by atoms with Crippen molar-refractivity contribution in [1.82, 2.24) is 4.98 Å². The summed E-state index contributed by atoms with van der Waals surface area (Å²) in [7, 11) is 0. The average Bonchev–Trinajstić information content (AvgIpc) is 3.34. The van der Waals surface area contributed by atoms with Crippen LogP contribution in [0.5, 0.6) is 5.75 Å². The van der Waals surface area contributed by atoms with Crippen LogP contribution in [0.15, 0.2) is 23.0 Å². The summed E-state index contributed by atoms with van der Waals surface area (Å²) in [6.45, 7) is 2.77. The number of aldehydes is 1. The van der Waals surface area contributed by atoms with E-state index in [1.807, 2.05) is 12.1 Å². The zero-order chi connectivity index (χ0) is 15.5. The highest BCUT2D eigenvalue weighted by Gasteiger charge is 2.23. The first-order chi connectivity index (χ1) is 10.7. The van der Waals surface area contributed by atoms with Gasteiger partial charge in [-0.25, -0.2) is 0 Å². The van der Waals surface area contributed by atoms with Gasteiger partial charge in [0.05, 0.1) is 17.7 Å². The van der Waals surface area contributed by atoms with Crippen LogP contribution in [0.2, 0.25) is 0 Å². The van der Waals surface area contributed by atoms with E-state index in [2.05, 4.69) is 11.9 Å². The molecule has 0 spiro atoms. The Kier molecular flexibility index (Phi) is 4.27. The molecule has 2 aromatic rings. The number of rotatable bonds is 7. The molecule has 1 heterocycles. The lowest BCUT2D eigenvalue weighted by molar-refractivity contribution is 0.112. The van der Waals surface area contributed by atoms with Crippen molar-refractivity contribution in [2.75, 3.05) is 6.61 Å². The minimum Gasteiger partial charge on any atom is -0.492 e. The van der Waals surface area contributed by atoms with Crippen molar-refractivity contribution < 1.29 is 9.53 Å². The SMILES string of the molecule is CCCCc1cc(=O)[nH]c2c(C=O)c(OCC3CC3)ccc12. The molecule has 116 valence electrons. The van der Waals surface area contributed by atoms with E-state index in [0.717, 1.165) is 36.5 Å². The third-order valence-corrected chi connectivity index (χ3v) is 4.19. The molecule has 4 nitrogen and oxygen atoms in total. The van der Waals surface area contributed by atoms with Gasteiger partial charge in [0.1, 0.15) is 5.75 Å². The number of aryl methyl sites for hydroxylation is 1. The highest BCUT2D eigenvalue weighted by molar-refractivity contribution is 5.99. The Balaban J connectivity index is 2.05. The Morgan fingerprint density at radius 2 is 2.18 bits per heavy atom. The number of hydrogen-bond donors (Lipinski definition) is 1. The third-order valence-electron chi connectivity index (χ3n) is 4.19. The summed E-state index contributed by atoms with van der Waals surface area (Å²) in [6, 6.07) is 5.44. The number of hydrogen-bond acceptors (Lipinski definition) is 3. The van der Waals surface area contributed by atoms with Gasteiger partial charge in [-0.05, 0) is 49.3 Å². The lowest BCUT2D eigenvalue weighted by atomic mass is 10.0. The second-order valence-corrected chi connectivity index (χ2v) is 6.03. The molecule has 22 heavy (non-hydrogen) atoms. The molecule has 0 unspecified atom stereocenters. The van der Waals surface area contributed by atoms with Crippen molar-refractivity contribution in [2.45, 2.75) is 39.0 Å².